The average Bonchev–Trinajstić information content (AvgIpc) is 2.38. The summed E-state index contributed by atoms with van der Waals surface area (Å²) >= 11 is 0. The molecule has 1 aromatic carbocycles. The number of hydrogen-bond donors (Lipinski definition) is 1. The lowest BCUT2D eigenvalue weighted by atomic mass is 9.92. The summed E-state index contributed by atoms with van der Waals surface area (Å²) in [7, 11) is 0. The molecule has 0 spiro atoms. The molecule has 1 heterocycles. The molecule has 2 unspecified atom stereocenters. The van der Waals surface area contributed by atoms with Gasteiger partial charge in [-0.25, -0.2) is 0 Å². The summed E-state index contributed by atoms with van der Waals surface area (Å²) in [5.74, 6) is 0.574. The van der Waals surface area contributed by atoms with E-state index in [-0.39, 0.29) is 6.10 Å². The minimum absolute atomic E-state index is 0.286. The molecule has 0 aliphatic carbocycles. The lowest BCUT2D eigenvalue weighted by Crippen LogP contribution is -2.26. The molecule has 2 rings (SSSR count). The van der Waals surface area contributed by atoms with Gasteiger partial charge in [0.25, 0.3) is 0 Å². The SMILES string of the molecule is CC(C)C(N)CCCC1OCCc2ccccc21. The molecule has 0 fully saturated rings. The lowest BCUT2D eigenvalue weighted by Gasteiger charge is -2.26. The molecule has 1 aromatic rings. The van der Waals surface area contributed by atoms with Crippen LogP contribution in [0.5, 0.6) is 0 Å². The smallest absolute Gasteiger partial charge is 0.0827 e. The zero-order valence-electron chi connectivity index (χ0n) is 11.6. The van der Waals surface area contributed by atoms with Gasteiger partial charge in [-0.05, 0) is 42.7 Å². The Morgan fingerprint density at radius 1 is 1.33 bits per heavy atom. The van der Waals surface area contributed by atoms with E-state index in [1.807, 2.05) is 0 Å². The summed E-state index contributed by atoms with van der Waals surface area (Å²) in [5, 5.41) is 0. The molecule has 0 saturated carbocycles. The molecule has 0 bridgehead atoms. The quantitative estimate of drug-likeness (QED) is 0.865. The van der Waals surface area contributed by atoms with Crippen molar-refractivity contribution in [2.24, 2.45) is 11.7 Å². The highest BCUT2D eigenvalue weighted by Gasteiger charge is 2.20. The molecule has 1 aliphatic heterocycles. The third-order valence-electron chi connectivity index (χ3n) is 3.95. The summed E-state index contributed by atoms with van der Waals surface area (Å²) in [6, 6.07) is 8.99. The van der Waals surface area contributed by atoms with E-state index < -0.39 is 0 Å². The number of nitrogens with two attached hydrogens (primary N) is 1. The zero-order chi connectivity index (χ0) is 13.0. The van der Waals surface area contributed by atoms with Crippen molar-refractivity contribution in [2.45, 2.75) is 51.7 Å². The molecule has 2 nitrogen and oxygen atoms in total. The van der Waals surface area contributed by atoms with Crippen LogP contribution in [-0.4, -0.2) is 12.6 Å². The summed E-state index contributed by atoms with van der Waals surface area (Å²) in [4.78, 5) is 0. The van der Waals surface area contributed by atoms with Crippen molar-refractivity contribution in [3.63, 3.8) is 0 Å². The van der Waals surface area contributed by atoms with E-state index in [0.29, 0.717) is 12.0 Å². The van der Waals surface area contributed by atoms with Crippen molar-refractivity contribution < 1.29 is 4.74 Å². The second kappa shape index (κ2) is 6.35. The standard InChI is InChI=1S/C16H25NO/c1-12(2)15(17)8-5-9-16-14-7-4-3-6-13(14)10-11-18-16/h3-4,6-7,12,15-16H,5,8-11,17H2,1-2H3. The highest BCUT2D eigenvalue weighted by molar-refractivity contribution is 5.30. The van der Waals surface area contributed by atoms with Gasteiger partial charge in [0.05, 0.1) is 12.7 Å². The molecule has 18 heavy (non-hydrogen) atoms. The van der Waals surface area contributed by atoms with Crippen LogP contribution < -0.4 is 5.73 Å². The fraction of sp³-hybridized carbons (Fsp3) is 0.625. The van der Waals surface area contributed by atoms with Gasteiger partial charge in [0, 0.05) is 6.04 Å². The Labute approximate surface area is 111 Å². The van der Waals surface area contributed by atoms with Crippen LogP contribution in [0.4, 0.5) is 0 Å². The normalized spacial score (nSPS) is 20.8. The zero-order valence-corrected chi connectivity index (χ0v) is 11.6. The molecule has 2 atom stereocenters. The summed E-state index contributed by atoms with van der Waals surface area (Å²) in [5.41, 5.74) is 8.94. The topological polar surface area (TPSA) is 35.2 Å². The van der Waals surface area contributed by atoms with Crippen LogP contribution >= 0.6 is 0 Å². The molecule has 0 radical (unpaired) electrons. The van der Waals surface area contributed by atoms with Crippen LogP contribution in [0.2, 0.25) is 0 Å². The number of ether oxygens (including phenoxy) is 1. The first-order valence-electron chi connectivity index (χ1n) is 7.13. The van der Waals surface area contributed by atoms with Gasteiger partial charge in [-0.15, -0.1) is 0 Å². The Balaban J connectivity index is 1.88. The fourth-order valence-electron chi connectivity index (χ4n) is 2.59. The first kappa shape index (κ1) is 13.6. The van der Waals surface area contributed by atoms with Gasteiger partial charge in [-0.3, -0.25) is 0 Å². The number of hydrogen-bond acceptors (Lipinski definition) is 2. The predicted octanol–water partition coefficient (Wildman–Crippen LogP) is 3.45. The Morgan fingerprint density at radius 3 is 2.89 bits per heavy atom. The Bertz CT molecular complexity index is 375. The van der Waals surface area contributed by atoms with Gasteiger partial charge in [0.1, 0.15) is 0 Å². The van der Waals surface area contributed by atoms with Crippen molar-refractivity contribution in [3.8, 4) is 0 Å². The highest BCUT2D eigenvalue weighted by Crippen LogP contribution is 2.31. The van der Waals surface area contributed by atoms with Crippen molar-refractivity contribution >= 4 is 0 Å². The Morgan fingerprint density at radius 2 is 2.11 bits per heavy atom. The maximum absolute atomic E-state index is 6.09. The van der Waals surface area contributed by atoms with Crippen molar-refractivity contribution in [1.29, 1.82) is 0 Å². The van der Waals surface area contributed by atoms with E-state index in [4.69, 9.17) is 10.5 Å². The van der Waals surface area contributed by atoms with E-state index in [0.717, 1.165) is 32.3 Å². The van der Waals surface area contributed by atoms with Crippen molar-refractivity contribution in [2.75, 3.05) is 6.61 Å². The Kier molecular flexibility index (Phi) is 4.79. The van der Waals surface area contributed by atoms with Gasteiger partial charge in [0.15, 0.2) is 0 Å². The second-order valence-corrected chi connectivity index (χ2v) is 5.65. The number of benzene rings is 1. The Hall–Kier alpha value is -0.860. The van der Waals surface area contributed by atoms with E-state index in [2.05, 4.69) is 38.1 Å². The van der Waals surface area contributed by atoms with Gasteiger partial charge in [0.2, 0.25) is 0 Å². The number of fused-ring (bicyclic) bond motifs is 1. The van der Waals surface area contributed by atoms with Gasteiger partial charge in [-0.2, -0.15) is 0 Å². The van der Waals surface area contributed by atoms with Gasteiger partial charge < -0.3 is 10.5 Å². The van der Waals surface area contributed by atoms with Crippen LogP contribution in [0, 0.1) is 5.92 Å². The van der Waals surface area contributed by atoms with Crippen molar-refractivity contribution in [3.05, 3.63) is 35.4 Å². The molecule has 0 amide bonds. The summed E-state index contributed by atoms with van der Waals surface area (Å²) in [6.45, 7) is 5.24. The van der Waals surface area contributed by atoms with Gasteiger partial charge >= 0.3 is 0 Å². The third-order valence-corrected chi connectivity index (χ3v) is 3.95. The molecule has 2 heteroatoms. The van der Waals surface area contributed by atoms with Crippen LogP contribution in [-0.2, 0) is 11.2 Å². The fourth-order valence-corrected chi connectivity index (χ4v) is 2.59. The van der Waals surface area contributed by atoms with Gasteiger partial charge in [-0.1, -0.05) is 38.1 Å². The first-order chi connectivity index (χ1) is 8.68. The van der Waals surface area contributed by atoms with Crippen molar-refractivity contribution in [1.82, 2.24) is 0 Å². The van der Waals surface area contributed by atoms with E-state index in [9.17, 15) is 0 Å². The van der Waals surface area contributed by atoms with Crippen LogP contribution in [0.3, 0.4) is 0 Å². The largest absolute Gasteiger partial charge is 0.373 e. The summed E-state index contributed by atoms with van der Waals surface area (Å²) in [6.07, 6.45) is 4.68. The maximum Gasteiger partial charge on any atom is 0.0827 e. The molecule has 0 saturated heterocycles. The first-order valence-corrected chi connectivity index (χ1v) is 7.13. The molecular weight excluding hydrogens is 222 g/mol. The third kappa shape index (κ3) is 3.33. The molecule has 1 aliphatic rings. The number of rotatable bonds is 5. The second-order valence-electron chi connectivity index (χ2n) is 5.65. The minimum atomic E-state index is 0.286. The molecule has 100 valence electrons. The van der Waals surface area contributed by atoms with E-state index in [1.165, 1.54) is 11.1 Å². The van der Waals surface area contributed by atoms with Crippen LogP contribution in [0.15, 0.2) is 24.3 Å². The minimum Gasteiger partial charge on any atom is -0.373 e. The van der Waals surface area contributed by atoms with E-state index >= 15 is 0 Å². The van der Waals surface area contributed by atoms with E-state index in [1.54, 1.807) is 0 Å². The molecular formula is C16H25NO. The molecule has 2 N–H and O–H groups in total. The van der Waals surface area contributed by atoms with Crippen LogP contribution in [0.25, 0.3) is 0 Å². The van der Waals surface area contributed by atoms with Crippen LogP contribution in [0.1, 0.15) is 50.3 Å². The lowest BCUT2D eigenvalue weighted by molar-refractivity contribution is 0.0344. The summed E-state index contributed by atoms with van der Waals surface area (Å²) < 4.78 is 5.91. The average molecular weight is 247 g/mol. The molecule has 0 aromatic heterocycles. The monoisotopic (exact) mass is 247 g/mol. The predicted molar refractivity (Wildman–Crippen MR) is 75.5 cm³/mol. The maximum atomic E-state index is 6.09. The highest BCUT2D eigenvalue weighted by atomic mass is 16.5.